The molecule has 0 aromatic carbocycles. The van der Waals surface area contributed by atoms with Crippen molar-refractivity contribution in [3.8, 4) is 0 Å². The Morgan fingerprint density at radius 3 is 1.16 bits per heavy atom. The van der Waals surface area contributed by atoms with Crippen molar-refractivity contribution in [1.29, 1.82) is 0 Å². The van der Waals surface area contributed by atoms with Crippen molar-refractivity contribution >= 4 is 19.8 Å². The molecule has 0 heterocycles. The molecule has 0 aromatic rings. The third kappa shape index (κ3) is 57.3. The van der Waals surface area contributed by atoms with Crippen LogP contribution < -0.4 is 5.73 Å². The maximum Gasteiger partial charge on any atom is 0.472 e. The molecule has 0 radical (unpaired) electrons. The van der Waals surface area contributed by atoms with Gasteiger partial charge in [-0.3, -0.25) is 18.6 Å². The number of ether oxygens (including phenoxy) is 2. The van der Waals surface area contributed by atoms with Gasteiger partial charge in [0.15, 0.2) is 6.10 Å². The van der Waals surface area contributed by atoms with Crippen LogP contribution in [0.3, 0.4) is 0 Å². The van der Waals surface area contributed by atoms with Gasteiger partial charge in [0.2, 0.25) is 0 Å². The van der Waals surface area contributed by atoms with Gasteiger partial charge < -0.3 is 20.1 Å². The molecule has 10 heteroatoms. The summed E-state index contributed by atoms with van der Waals surface area (Å²) in [7, 11) is -4.41. The number of phosphoric acid groups is 1. The summed E-state index contributed by atoms with van der Waals surface area (Å²) in [5, 5.41) is 0. The van der Waals surface area contributed by atoms with Gasteiger partial charge in [-0.1, -0.05) is 225 Å². The standard InChI is InChI=1S/C63H104NO8P/c1-3-5-7-9-11-13-15-17-19-21-23-24-25-26-27-28-29-30-31-32-33-34-35-36-38-40-42-44-46-48-50-52-54-56-63(66)72-61(60-71-73(67,68)70-58-57-64)59-69-62(65)55-53-51-49-47-45-43-41-39-37-22-20-18-16-14-12-10-8-6-4-2/h5,7,11,13,17-20,23-24,26-27,29-30,32-33,35-36,40,42,46,48,61H,3-4,6,8-10,12,14-16,21-22,25,28,31,34,37-39,41,43-45,47,49-60,64H2,1-2H3,(H,67,68)/b7-5-,13-11-,19-17-,20-18-,24-23-,27-26-,30-29-,33-32-,36-35-,42-40-,48-46-. The van der Waals surface area contributed by atoms with E-state index in [-0.39, 0.29) is 32.6 Å². The molecule has 0 saturated heterocycles. The fraction of sp³-hybridized carbons (Fsp3) is 0.619. The second kappa shape index (κ2) is 57.4. The van der Waals surface area contributed by atoms with Crippen molar-refractivity contribution < 1.29 is 37.6 Å². The summed E-state index contributed by atoms with van der Waals surface area (Å²) in [4.78, 5) is 35.1. The van der Waals surface area contributed by atoms with E-state index in [9.17, 15) is 19.0 Å². The number of hydrogen-bond donors (Lipinski definition) is 2. The van der Waals surface area contributed by atoms with Gasteiger partial charge in [0.05, 0.1) is 13.2 Å². The van der Waals surface area contributed by atoms with E-state index in [0.29, 0.717) is 6.42 Å². The molecule has 73 heavy (non-hydrogen) atoms. The summed E-state index contributed by atoms with van der Waals surface area (Å²) in [5.41, 5.74) is 5.37. The second-order valence-electron chi connectivity index (χ2n) is 18.4. The molecule has 2 unspecified atom stereocenters. The van der Waals surface area contributed by atoms with Crippen LogP contribution in [0.25, 0.3) is 0 Å². The topological polar surface area (TPSA) is 134 Å². The Kier molecular flexibility index (Phi) is 54.4. The highest BCUT2D eigenvalue weighted by molar-refractivity contribution is 7.47. The third-order valence-corrected chi connectivity index (χ3v) is 12.5. The minimum absolute atomic E-state index is 0.0389. The number of unbranched alkanes of at least 4 members (excludes halogenated alkanes) is 17. The van der Waals surface area contributed by atoms with Gasteiger partial charge in [-0.05, 0) is 116 Å². The minimum Gasteiger partial charge on any atom is -0.462 e. The number of nitrogens with two attached hydrogens (primary N) is 1. The van der Waals surface area contributed by atoms with Crippen molar-refractivity contribution in [2.24, 2.45) is 5.73 Å². The Labute approximate surface area is 446 Å². The summed E-state index contributed by atoms with van der Waals surface area (Å²) in [5.74, 6) is -0.889. The van der Waals surface area contributed by atoms with Crippen LogP contribution in [0.2, 0.25) is 0 Å². The van der Waals surface area contributed by atoms with Crippen LogP contribution in [0, 0.1) is 0 Å². The summed E-state index contributed by atoms with van der Waals surface area (Å²) < 4.78 is 32.9. The lowest BCUT2D eigenvalue weighted by molar-refractivity contribution is -0.161. The number of allylic oxidation sites excluding steroid dienone is 22. The molecular formula is C63H104NO8P. The Morgan fingerprint density at radius 1 is 0.425 bits per heavy atom. The summed E-state index contributed by atoms with van der Waals surface area (Å²) in [6, 6.07) is 0. The molecule has 0 aliphatic carbocycles. The zero-order chi connectivity index (χ0) is 53.1. The molecule has 3 N–H and O–H groups in total. The Hall–Kier alpha value is -3.85. The average molecular weight is 1030 g/mol. The Balaban J connectivity index is 4.14. The highest BCUT2D eigenvalue weighted by Crippen LogP contribution is 2.43. The zero-order valence-electron chi connectivity index (χ0n) is 46.1. The van der Waals surface area contributed by atoms with Crippen LogP contribution in [0.1, 0.15) is 219 Å². The van der Waals surface area contributed by atoms with Gasteiger partial charge in [0.1, 0.15) is 6.61 Å². The summed E-state index contributed by atoms with van der Waals surface area (Å²) in [6.45, 7) is 3.56. The van der Waals surface area contributed by atoms with E-state index in [1.807, 2.05) is 0 Å². The second-order valence-corrected chi connectivity index (χ2v) is 19.9. The van der Waals surface area contributed by atoms with E-state index in [2.05, 4.69) is 148 Å². The lowest BCUT2D eigenvalue weighted by Gasteiger charge is -2.19. The lowest BCUT2D eigenvalue weighted by atomic mass is 10.1. The quantitative estimate of drug-likeness (QED) is 0.0264. The molecule has 414 valence electrons. The van der Waals surface area contributed by atoms with Gasteiger partial charge in [-0.2, -0.15) is 0 Å². The molecule has 0 bridgehead atoms. The normalized spacial score (nSPS) is 14.1. The largest absolute Gasteiger partial charge is 0.472 e. The number of phosphoric ester groups is 1. The molecule has 0 amide bonds. The predicted molar refractivity (Wildman–Crippen MR) is 311 cm³/mol. The number of rotatable bonds is 52. The van der Waals surface area contributed by atoms with Crippen molar-refractivity contribution in [3.05, 3.63) is 134 Å². The van der Waals surface area contributed by atoms with Crippen LogP contribution in [0.15, 0.2) is 134 Å². The van der Waals surface area contributed by atoms with Gasteiger partial charge >= 0.3 is 19.8 Å². The van der Waals surface area contributed by atoms with Crippen molar-refractivity contribution in [1.82, 2.24) is 0 Å². The molecular weight excluding hydrogens is 930 g/mol. The van der Waals surface area contributed by atoms with E-state index in [1.165, 1.54) is 83.5 Å². The van der Waals surface area contributed by atoms with E-state index < -0.39 is 32.5 Å². The van der Waals surface area contributed by atoms with E-state index in [0.717, 1.165) is 103 Å². The number of carbonyl (C=O) groups excluding carboxylic acids is 2. The molecule has 0 spiro atoms. The van der Waals surface area contributed by atoms with Crippen molar-refractivity contribution in [3.63, 3.8) is 0 Å². The van der Waals surface area contributed by atoms with Crippen molar-refractivity contribution in [2.75, 3.05) is 26.4 Å². The maximum absolute atomic E-state index is 12.7. The first-order valence-electron chi connectivity index (χ1n) is 28.7. The molecule has 0 fully saturated rings. The fourth-order valence-corrected chi connectivity index (χ4v) is 8.07. The number of carbonyl (C=O) groups is 2. The van der Waals surface area contributed by atoms with Crippen molar-refractivity contribution in [2.45, 2.75) is 225 Å². The number of hydrogen-bond acceptors (Lipinski definition) is 8. The van der Waals surface area contributed by atoms with Crippen LogP contribution in [-0.4, -0.2) is 49.3 Å². The number of esters is 2. The molecule has 0 aliphatic rings. The van der Waals surface area contributed by atoms with E-state index in [1.54, 1.807) is 0 Å². The van der Waals surface area contributed by atoms with Gasteiger partial charge in [0, 0.05) is 19.4 Å². The first-order valence-corrected chi connectivity index (χ1v) is 30.2. The van der Waals surface area contributed by atoms with Crippen LogP contribution >= 0.6 is 7.82 Å². The zero-order valence-corrected chi connectivity index (χ0v) is 47.0. The first kappa shape index (κ1) is 69.2. The smallest absolute Gasteiger partial charge is 0.462 e. The Bertz CT molecular complexity index is 1650. The van der Waals surface area contributed by atoms with Crippen LogP contribution in [-0.2, 0) is 32.7 Å². The average Bonchev–Trinajstić information content (AvgIpc) is 3.38. The highest BCUT2D eigenvalue weighted by Gasteiger charge is 2.26. The van der Waals surface area contributed by atoms with Gasteiger partial charge in [-0.25, -0.2) is 4.57 Å². The molecule has 0 rings (SSSR count). The van der Waals surface area contributed by atoms with Crippen LogP contribution in [0.4, 0.5) is 0 Å². The van der Waals surface area contributed by atoms with Crippen LogP contribution in [0.5, 0.6) is 0 Å². The Morgan fingerprint density at radius 2 is 0.753 bits per heavy atom. The molecule has 0 aliphatic heterocycles. The third-order valence-electron chi connectivity index (χ3n) is 11.5. The molecule has 0 aromatic heterocycles. The molecule has 2 atom stereocenters. The highest BCUT2D eigenvalue weighted by atomic mass is 31.2. The SMILES string of the molecule is CC/C=C\C/C=C\C/C=C\C/C=C\C/C=C\C/C=C\C/C=C\C/C=C\C/C=C\C/C=C\CCCCC(=O)OC(COC(=O)CCCCCCCCCCC/C=C\CCCCCCCC)COP(=O)(O)OCCN. The van der Waals surface area contributed by atoms with Gasteiger partial charge in [-0.15, -0.1) is 0 Å². The van der Waals surface area contributed by atoms with Gasteiger partial charge in [0.25, 0.3) is 0 Å². The van der Waals surface area contributed by atoms with E-state index >= 15 is 0 Å². The van der Waals surface area contributed by atoms with E-state index in [4.69, 9.17) is 24.3 Å². The summed E-state index contributed by atoms with van der Waals surface area (Å²) >= 11 is 0. The predicted octanol–water partition coefficient (Wildman–Crippen LogP) is 18.2. The monoisotopic (exact) mass is 1030 g/mol. The fourth-order valence-electron chi connectivity index (χ4n) is 7.30. The molecule has 9 nitrogen and oxygen atoms in total. The first-order chi connectivity index (χ1) is 35.8. The minimum atomic E-state index is -4.41. The summed E-state index contributed by atoms with van der Waals surface area (Å²) in [6.07, 6.45) is 80.8. The molecule has 0 saturated carbocycles. The maximum atomic E-state index is 12.7. The lowest BCUT2D eigenvalue weighted by Crippen LogP contribution is -2.29.